The number of fused-ring (bicyclic) bond motifs is 3. The molecule has 2 aromatic rings. The Morgan fingerprint density at radius 3 is 2.21 bits per heavy atom. The summed E-state index contributed by atoms with van der Waals surface area (Å²) in [6, 6.07) is 4.87. The van der Waals surface area contributed by atoms with Gasteiger partial charge in [-0.25, -0.2) is 4.98 Å². The smallest absolute Gasteiger partial charge is 0.250 e. The van der Waals surface area contributed by atoms with E-state index in [1.807, 2.05) is 36.6 Å². The van der Waals surface area contributed by atoms with Crippen molar-refractivity contribution in [1.29, 1.82) is 0 Å². The van der Waals surface area contributed by atoms with Crippen LogP contribution in [0.2, 0.25) is 0 Å². The second-order valence-corrected chi connectivity index (χ2v) is 17.2. The van der Waals surface area contributed by atoms with Crippen molar-refractivity contribution in [3.63, 3.8) is 0 Å². The van der Waals surface area contributed by atoms with Gasteiger partial charge in [0.05, 0.1) is 5.25 Å². The molecule has 5 heterocycles. The van der Waals surface area contributed by atoms with E-state index in [4.69, 9.17) is 5.73 Å². The second-order valence-electron chi connectivity index (χ2n) is 14.3. The second kappa shape index (κ2) is 17.3. The number of hydrogen-bond donors (Lipinski definition) is 3. The number of hydrogen-bond acceptors (Lipinski definition) is 11. The zero-order valence-corrected chi connectivity index (χ0v) is 32.7. The van der Waals surface area contributed by atoms with Crippen molar-refractivity contribution in [2.45, 2.75) is 98.8 Å². The van der Waals surface area contributed by atoms with Gasteiger partial charge in [-0.05, 0) is 75.2 Å². The molecule has 4 aliphatic heterocycles. The Bertz CT molecular complexity index is 1660. The third-order valence-electron chi connectivity index (χ3n) is 11.1. The van der Waals surface area contributed by atoms with E-state index in [0.29, 0.717) is 63.8 Å². The average molecular weight is 784 g/mol. The SMILES string of the molecule is CSCCC1NC(=O)C2CCCN2C(=O)C2CCCN2C(=O)C(CC(SC)C(=O)c2nccs2)(C(N)Cc2ccccc2)NC(=O)C2CCCN2C1=O. The molecule has 5 amide bonds. The van der Waals surface area contributed by atoms with Gasteiger partial charge in [0.25, 0.3) is 5.91 Å². The molecule has 0 radical (unpaired) electrons. The minimum atomic E-state index is -1.86. The van der Waals surface area contributed by atoms with Crippen molar-refractivity contribution in [2.24, 2.45) is 5.73 Å². The molecule has 286 valence electrons. The highest BCUT2D eigenvalue weighted by Gasteiger charge is 2.55. The molecule has 0 saturated carbocycles. The van der Waals surface area contributed by atoms with E-state index in [0.717, 1.165) is 5.56 Å². The number of benzene rings is 1. The zero-order valence-electron chi connectivity index (χ0n) is 30.2. The predicted octanol–water partition coefficient (Wildman–Crippen LogP) is 2.10. The molecule has 4 aliphatic rings. The van der Waals surface area contributed by atoms with Gasteiger partial charge in [0.15, 0.2) is 5.01 Å². The summed E-state index contributed by atoms with van der Waals surface area (Å²) in [5.74, 6) is -1.90. The Kier molecular flexibility index (Phi) is 12.8. The largest absolute Gasteiger partial charge is 0.342 e. The van der Waals surface area contributed by atoms with Crippen LogP contribution < -0.4 is 16.4 Å². The highest BCUT2D eigenvalue weighted by atomic mass is 32.2. The number of thiazole rings is 1. The number of thioether (sulfide) groups is 2. The normalized spacial score (nSPS) is 28.1. The summed E-state index contributed by atoms with van der Waals surface area (Å²) in [5.41, 5.74) is 6.16. The number of nitrogens with one attached hydrogen (secondary N) is 2. The quantitative estimate of drug-likeness (QED) is 0.287. The van der Waals surface area contributed by atoms with E-state index >= 15 is 4.79 Å². The number of aromatic nitrogens is 1. The van der Waals surface area contributed by atoms with Gasteiger partial charge in [-0.2, -0.15) is 23.5 Å². The Balaban J connectivity index is 1.49. The van der Waals surface area contributed by atoms with Gasteiger partial charge in [0, 0.05) is 43.7 Å². The van der Waals surface area contributed by atoms with Crippen molar-refractivity contribution in [3.8, 4) is 0 Å². The van der Waals surface area contributed by atoms with Crippen LogP contribution in [0.3, 0.4) is 0 Å². The third-order valence-corrected chi connectivity index (χ3v) is 13.5. The van der Waals surface area contributed by atoms with Crippen molar-refractivity contribution >= 4 is 70.2 Å². The molecule has 0 spiro atoms. The van der Waals surface area contributed by atoms with Crippen LogP contribution >= 0.6 is 34.9 Å². The first-order valence-electron chi connectivity index (χ1n) is 18.4. The topological polar surface area (TPSA) is 175 Å². The van der Waals surface area contributed by atoms with E-state index in [-0.39, 0.29) is 42.0 Å². The lowest BCUT2D eigenvalue weighted by Crippen LogP contribution is -2.72. The molecule has 4 N–H and O–H groups in total. The van der Waals surface area contributed by atoms with E-state index in [1.54, 1.807) is 34.5 Å². The first kappa shape index (κ1) is 39.2. The van der Waals surface area contributed by atoms with E-state index in [2.05, 4.69) is 15.6 Å². The summed E-state index contributed by atoms with van der Waals surface area (Å²) in [7, 11) is 0. The number of carbonyl (C=O) groups is 6. The van der Waals surface area contributed by atoms with Crippen molar-refractivity contribution in [3.05, 3.63) is 52.5 Å². The van der Waals surface area contributed by atoms with Crippen molar-refractivity contribution < 1.29 is 28.8 Å². The molecule has 13 nitrogen and oxygen atoms in total. The number of nitrogens with two attached hydrogens (primary N) is 1. The number of Topliss-reactive ketones (excluding diaryl/α,β-unsaturated/α-hetero) is 1. The third kappa shape index (κ3) is 8.15. The lowest BCUT2D eigenvalue weighted by Gasteiger charge is -2.44. The Labute approximate surface area is 322 Å². The molecule has 4 fully saturated rings. The molecule has 1 aromatic heterocycles. The summed E-state index contributed by atoms with van der Waals surface area (Å²) >= 11 is 4.00. The summed E-state index contributed by atoms with van der Waals surface area (Å²) in [6.07, 6.45) is 8.49. The molecule has 53 heavy (non-hydrogen) atoms. The maximum Gasteiger partial charge on any atom is 0.250 e. The Hall–Kier alpha value is -3.47. The summed E-state index contributed by atoms with van der Waals surface area (Å²) in [4.78, 5) is 95.8. The van der Waals surface area contributed by atoms with Gasteiger partial charge in [-0.3, -0.25) is 28.8 Å². The maximum absolute atomic E-state index is 15.5. The van der Waals surface area contributed by atoms with Gasteiger partial charge in [0.1, 0.15) is 29.7 Å². The van der Waals surface area contributed by atoms with Gasteiger partial charge in [0.2, 0.25) is 29.4 Å². The Morgan fingerprint density at radius 1 is 0.925 bits per heavy atom. The van der Waals surface area contributed by atoms with Crippen LogP contribution in [-0.4, -0.2) is 134 Å². The van der Waals surface area contributed by atoms with Crippen LogP contribution in [0.4, 0.5) is 0 Å². The molecule has 1 aromatic carbocycles. The van der Waals surface area contributed by atoms with Crippen LogP contribution in [-0.2, 0) is 30.4 Å². The Morgan fingerprint density at radius 2 is 1.57 bits per heavy atom. The fourth-order valence-corrected chi connectivity index (χ4v) is 10.2. The number of rotatable bonds is 11. The molecule has 16 heteroatoms. The monoisotopic (exact) mass is 783 g/mol. The number of carbonyl (C=O) groups excluding carboxylic acids is 6. The molecule has 0 bridgehead atoms. The molecule has 6 rings (SSSR count). The van der Waals surface area contributed by atoms with Crippen LogP contribution in [0.5, 0.6) is 0 Å². The molecule has 0 aliphatic carbocycles. The van der Waals surface area contributed by atoms with Gasteiger partial charge >= 0.3 is 0 Å². The highest BCUT2D eigenvalue weighted by Crippen LogP contribution is 2.35. The first-order chi connectivity index (χ1) is 25.6. The molecular weight excluding hydrogens is 735 g/mol. The summed E-state index contributed by atoms with van der Waals surface area (Å²) < 4.78 is 0. The lowest BCUT2D eigenvalue weighted by molar-refractivity contribution is -0.151. The number of amides is 5. The van der Waals surface area contributed by atoms with Crippen LogP contribution in [0.1, 0.15) is 66.7 Å². The minimum Gasteiger partial charge on any atom is -0.342 e. The zero-order chi connectivity index (χ0) is 37.7. The molecular formula is C37H49N7O6S3. The van der Waals surface area contributed by atoms with Gasteiger partial charge in [-0.15, -0.1) is 11.3 Å². The average Bonchev–Trinajstić information content (AvgIpc) is 4.01. The summed E-state index contributed by atoms with van der Waals surface area (Å²) in [6.45, 7) is 0.891. The highest BCUT2D eigenvalue weighted by molar-refractivity contribution is 8.00. The van der Waals surface area contributed by atoms with Gasteiger partial charge in [-0.1, -0.05) is 30.3 Å². The standard InChI is InChI=1S/C37H49N7O6S3/c1-51-19-14-24-34(48)42-16-7-12-26(42)32(47)41-37(29(38)21-23-9-4-3-5-10-23,22-28(52-2)30(45)33-39-15-20-53-33)36(50)44-18-8-13-27(44)35(49)43-17-6-11-25(43)31(46)40-24/h3-5,9-10,15,20,24-29H,6-8,11-14,16-19,21-22,38H2,1-2H3,(H,40,46)(H,41,47). The van der Waals surface area contributed by atoms with E-state index in [1.165, 1.54) is 32.9 Å². The van der Waals surface area contributed by atoms with Crippen LogP contribution in [0, 0.1) is 0 Å². The minimum absolute atomic E-state index is 0.161. The van der Waals surface area contributed by atoms with Crippen molar-refractivity contribution in [2.75, 3.05) is 37.9 Å². The first-order valence-corrected chi connectivity index (χ1v) is 21.9. The fourth-order valence-electron chi connectivity index (χ4n) is 8.28. The molecule has 7 unspecified atom stereocenters. The van der Waals surface area contributed by atoms with E-state index in [9.17, 15) is 24.0 Å². The van der Waals surface area contributed by atoms with E-state index < -0.39 is 58.7 Å². The van der Waals surface area contributed by atoms with Crippen LogP contribution in [0.25, 0.3) is 0 Å². The molecule has 7 atom stereocenters. The predicted molar refractivity (Wildman–Crippen MR) is 206 cm³/mol. The lowest BCUT2D eigenvalue weighted by atomic mass is 9.79. The number of ketones is 1. The summed E-state index contributed by atoms with van der Waals surface area (Å²) in [5, 5.41) is 7.25. The van der Waals surface area contributed by atoms with Crippen LogP contribution in [0.15, 0.2) is 41.9 Å². The number of nitrogens with zero attached hydrogens (tertiary/aromatic N) is 4. The molecule has 4 saturated heterocycles. The maximum atomic E-state index is 15.5. The van der Waals surface area contributed by atoms with Crippen molar-refractivity contribution in [1.82, 2.24) is 30.3 Å². The fraction of sp³-hybridized carbons (Fsp3) is 0.595. The van der Waals surface area contributed by atoms with Gasteiger partial charge < -0.3 is 31.1 Å².